The van der Waals surface area contributed by atoms with E-state index in [2.05, 4.69) is 23.3 Å². The number of carbonyl (C=O) groups is 1. The largest absolute Gasteiger partial charge is 0.478 e. The van der Waals surface area contributed by atoms with Crippen LogP contribution >= 0.6 is 0 Å². The van der Waals surface area contributed by atoms with Crippen LogP contribution in [0.25, 0.3) is 0 Å². The monoisotopic (exact) mass is 332 g/mol. The molecule has 5 heteroatoms. The number of aromatic carboxylic acids is 1. The van der Waals surface area contributed by atoms with E-state index >= 15 is 0 Å². The second-order valence-corrected chi connectivity index (χ2v) is 6.72. The van der Waals surface area contributed by atoms with Crippen LogP contribution in [0.15, 0.2) is 48.8 Å². The molecule has 124 valence electrons. The zero-order valence-corrected chi connectivity index (χ0v) is 13.6. The smallest absolute Gasteiger partial charge is 0.335 e. The molecule has 1 aromatic heterocycles. The van der Waals surface area contributed by atoms with Crippen molar-refractivity contribution in [2.45, 2.75) is 25.7 Å². The summed E-state index contributed by atoms with van der Waals surface area (Å²) in [6.45, 7) is 2.75. The maximum atomic E-state index is 11.2. The Bertz CT molecular complexity index is 1020. The van der Waals surface area contributed by atoms with Crippen LogP contribution in [-0.2, 0) is 11.3 Å². The van der Waals surface area contributed by atoms with Gasteiger partial charge in [0, 0.05) is 6.20 Å². The summed E-state index contributed by atoms with van der Waals surface area (Å²) in [6.07, 6.45) is 3.63. The lowest BCUT2D eigenvalue weighted by Gasteiger charge is -2.17. The van der Waals surface area contributed by atoms with Gasteiger partial charge >= 0.3 is 5.97 Å². The van der Waals surface area contributed by atoms with Gasteiger partial charge in [-0.3, -0.25) is 4.68 Å². The van der Waals surface area contributed by atoms with Crippen LogP contribution in [0.1, 0.15) is 55.9 Å². The van der Waals surface area contributed by atoms with E-state index in [0.717, 1.165) is 28.8 Å². The number of fused-ring (bicyclic) bond motifs is 8. The van der Waals surface area contributed by atoms with Gasteiger partial charge in [-0.2, -0.15) is 5.10 Å². The number of benzene rings is 2. The fourth-order valence-corrected chi connectivity index (χ4v) is 3.87. The van der Waals surface area contributed by atoms with Gasteiger partial charge in [0.25, 0.3) is 0 Å². The highest BCUT2D eigenvalue weighted by Crippen LogP contribution is 2.54. The predicted octanol–water partition coefficient (Wildman–Crippen LogP) is 3.46. The molecule has 2 atom stereocenters. The molecular formula is C20H16N2O3. The zero-order chi connectivity index (χ0) is 17.1. The Labute approximate surface area is 144 Å². The first-order valence-corrected chi connectivity index (χ1v) is 8.24. The van der Waals surface area contributed by atoms with Gasteiger partial charge in [0.15, 0.2) is 0 Å². The van der Waals surface area contributed by atoms with Crippen molar-refractivity contribution in [3.63, 3.8) is 0 Å². The van der Waals surface area contributed by atoms with Crippen LogP contribution in [0.5, 0.6) is 0 Å². The summed E-state index contributed by atoms with van der Waals surface area (Å²) < 4.78 is 8.07. The summed E-state index contributed by atoms with van der Waals surface area (Å²) in [6, 6.07) is 11.7. The number of carboxylic acid groups (broad SMARTS) is 1. The highest BCUT2D eigenvalue weighted by Gasteiger charge is 2.42. The SMILES string of the molecule is Cc1cnn(Cc2ccc3c(c2)C2OC3c3cc(C(=O)O)ccc32)c1. The lowest BCUT2D eigenvalue weighted by molar-refractivity contribution is 0.0696. The third kappa shape index (κ3) is 2.13. The Balaban J connectivity index is 1.51. The van der Waals surface area contributed by atoms with E-state index in [-0.39, 0.29) is 12.2 Å². The van der Waals surface area contributed by atoms with Gasteiger partial charge in [0.1, 0.15) is 12.2 Å². The van der Waals surface area contributed by atoms with E-state index in [1.54, 1.807) is 12.1 Å². The first-order valence-electron chi connectivity index (χ1n) is 8.24. The van der Waals surface area contributed by atoms with Gasteiger partial charge in [-0.15, -0.1) is 0 Å². The van der Waals surface area contributed by atoms with Crippen molar-refractivity contribution in [2.75, 3.05) is 0 Å². The van der Waals surface area contributed by atoms with Crippen LogP contribution in [0.2, 0.25) is 0 Å². The quantitative estimate of drug-likeness (QED) is 0.798. The Morgan fingerprint density at radius 1 is 1.12 bits per heavy atom. The average Bonchev–Trinajstić information content (AvgIpc) is 3.28. The van der Waals surface area contributed by atoms with Crippen molar-refractivity contribution in [3.05, 3.63) is 87.7 Å². The maximum absolute atomic E-state index is 11.2. The average molecular weight is 332 g/mol. The number of ether oxygens (including phenoxy) is 1. The number of aryl methyl sites for hydroxylation is 1. The minimum absolute atomic E-state index is 0.0999. The highest BCUT2D eigenvalue weighted by molar-refractivity contribution is 5.88. The Hall–Kier alpha value is -2.92. The fraction of sp³-hybridized carbons (Fsp3) is 0.200. The molecular weight excluding hydrogens is 316 g/mol. The highest BCUT2D eigenvalue weighted by atomic mass is 16.5. The predicted molar refractivity (Wildman–Crippen MR) is 90.7 cm³/mol. The molecule has 3 heterocycles. The number of hydrogen-bond acceptors (Lipinski definition) is 3. The van der Waals surface area contributed by atoms with Gasteiger partial charge < -0.3 is 9.84 Å². The third-order valence-corrected chi connectivity index (χ3v) is 4.99. The van der Waals surface area contributed by atoms with Crippen LogP contribution in [0.3, 0.4) is 0 Å². The number of nitrogens with zero attached hydrogens (tertiary/aromatic N) is 2. The van der Waals surface area contributed by atoms with E-state index in [1.165, 1.54) is 11.1 Å². The Morgan fingerprint density at radius 3 is 2.52 bits per heavy atom. The molecule has 0 aliphatic carbocycles. The standard InChI is InChI=1S/C20H16N2O3/c1-11-8-21-22(9-11)10-12-2-4-14-16(6-12)18-15-5-3-13(20(23)24)7-17(15)19(14)25-18/h2-9,18-19H,10H2,1H3,(H,23,24). The second-order valence-electron chi connectivity index (χ2n) is 6.72. The topological polar surface area (TPSA) is 64.4 Å². The molecule has 3 aromatic rings. The van der Waals surface area contributed by atoms with Crippen molar-refractivity contribution < 1.29 is 14.6 Å². The summed E-state index contributed by atoms with van der Waals surface area (Å²) in [4.78, 5) is 11.2. The van der Waals surface area contributed by atoms with Crippen LogP contribution < -0.4 is 0 Å². The van der Waals surface area contributed by atoms with Gasteiger partial charge in [-0.25, -0.2) is 4.79 Å². The molecule has 0 amide bonds. The summed E-state index contributed by atoms with van der Waals surface area (Å²) in [5.41, 5.74) is 7.01. The molecule has 2 bridgehead atoms. The normalized spacial score (nSPS) is 19.7. The lowest BCUT2D eigenvalue weighted by Crippen LogP contribution is -2.07. The first kappa shape index (κ1) is 14.4. The van der Waals surface area contributed by atoms with Crippen LogP contribution in [-0.4, -0.2) is 20.9 Å². The molecule has 0 saturated heterocycles. The minimum atomic E-state index is -0.907. The van der Waals surface area contributed by atoms with E-state index < -0.39 is 5.97 Å². The van der Waals surface area contributed by atoms with Crippen molar-refractivity contribution >= 4 is 5.97 Å². The molecule has 1 N–H and O–H groups in total. The Kier molecular flexibility index (Phi) is 2.91. The summed E-state index contributed by atoms with van der Waals surface area (Å²) in [7, 11) is 0. The van der Waals surface area contributed by atoms with E-state index in [0.29, 0.717) is 5.56 Å². The lowest BCUT2D eigenvalue weighted by atomic mass is 9.84. The van der Waals surface area contributed by atoms with Crippen molar-refractivity contribution in [1.82, 2.24) is 9.78 Å². The van der Waals surface area contributed by atoms with E-state index in [1.807, 2.05) is 30.1 Å². The number of hydrogen-bond donors (Lipinski definition) is 1. The summed E-state index contributed by atoms with van der Waals surface area (Å²) >= 11 is 0. The number of aromatic nitrogens is 2. The number of rotatable bonds is 3. The fourth-order valence-electron chi connectivity index (χ4n) is 3.87. The van der Waals surface area contributed by atoms with Gasteiger partial charge in [-0.1, -0.05) is 24.3 Å². The molecule has 2 aliphatic rings. The minimum Gasteiger partial charge on any atom is -0.478 e. The number of carboxylic acids is 1. The molecule has 2 aliphatic heterocycles. The first-order chi connectivity index (χ1) is 12.1. The Morgan fingerprint density at radius 2 is 1.84 bits per heavy atom. The molecule has 2 aromatic carbocycles. The molecule has 2 unspecified atom stereocenters. The molecule has 0 saturated carbocycles. The molecule has 5 nitrogen and oxygen atoms in total. The molecule has 0 fully saturated rings. The van der Waals surface area contributed by atoms with E-state index in [9.17, 15) is 9.90 Å². The van der Waals surface area contributed by atoms with Gasteiger partial charge in [0.05, 0.1) is 18.3 Å². The van der Waals surface area contributed by atoms with Crippen LogP contribution in [0.4, 0.5) is 0 Å². The zero-order valence-electron chi connectivity index (χ0n) is 13.6. The molecule has 25 heavy (non-hydrogen) atoms. The third-order valence-electron chi connectivity index (χ3n) is 4.99. The molecule has 0 radical (unpaired) electrons. The summed E-state index contributed by atoms with van der Waals surface area (Å²) in [5.74, 6) is -0.907. The maximum Gasteiger partial charge on any atom is 0.335 e. The van der Waals surface area contributed by atoms with E-state index in [4.69, 9.17) is 4.74 Å². The van der Waals surface area contributed by atoms with Crippen molar-refractivity contribution in [2.24, 2.45) is 0 Å². The van der Waals surface area contributed by atoms with Crippen molar-refractivity contribution in [1.29, 1.82) is 0 Å². The van der Waals surface area contributed by atoms with Gasteiger partial charge in [0.2, 0.25) is 0 Å². The van der Waals surface area contributed by atoms with Gasteiger partial charge in [-0.05, 0) is 52.4 Å². The molecule has 0 spiro atoms. The van der Waals surface area contributed by atoms with Crippen LogP contribution in [0, 0.1) is 6.92 Å². The van der Waals surface area contributed by atoms with Crippen molar-refractivity contribution in [3.8, 4) is 0 Å². The second kappa shape index (κ2) is 5.04. The molecule has 5 rings (SSSR count). The summed E-state index contributed by atoms with van der Waals surface area (Å²) in [5, 5.41) is 13.6.